The maximum absolute atomic E-state index is 5.44. The number of hydrogen-bond donors (Lipinski definition) is 1. The van der Waals surface area contributed by atoms with Crippen molar-refractivity contribution in [3.63, 3.8) is 0 Å². The van der Waals surface area contributed by atoms with Gasteiger partial charge >= 0.3 is 0 Å². The van der Waals surface area contributed by atoms with Gasteiger partial charge in [0.25, 0.3) is 0 Å². The Hall–Kier alpha value is -2.92. The smallest absolute Gasteiger partial charge is 0.154 e. The number of nitrogens with one attached hydrogen (secondary N) is 1. The third kappa shape index (κ3) is 2.70. The molecular formula is C21H20N4O. The predicted octanol–water partition coefficient (Wildman–Crippen LogP) is 4.14. The number of imidazole rings is 1. The molecule has 5 heteroatoms. The van der Waals surface area contributed by atoms with Crippen LogP contribution in [0.4, 0.5) is 5.82 Å². The van der Waals surface area contributed by atoms with Crippen LogP contribution in [-0.4, -0.2) is 33.9 Å². The number of nitrogens with zero attached hydrogens (tertiary/aromatic N) is 3. The summed E-state index contributed by atoms with van der Waals surface area (Å²) in [6.45, 7) is 1.62. The van der Waals surface area contributed by atoms with Gasteiger partial charge in [0, 0.05) is 24.8 Å². The molecule has 0 aliphatic carbocycles. The number of aromatic nitrogens is 3. The maximum atomic E-state index is 5.44. The summed E-state index contributed by atoms with van der Waals surface area (Å²) in [4.78, 5) is 4.54. The molecule has 5 rings (SSSR count). The van der Waals surface area contributed by atoms with Crippen molar-refractivity contribution in [3.05, 3.63) is 60.8 Å². The van der Waals surface area contributed by atoms with Gasteiger partial charge in [-0.2, -0.15) is 0 Å². The van der Waals surface area contributed by atoms with Gasteiger partial charge in [-0.25, -0.2) is 9.50 Å². The van der Waals surface area contributed by atoms with Gasteiger partial charge in [-0.3, -0.25) is 0 Å². The molecule has 1 aliphatic heterocycles. The van der Waals surface area contributed by atoms with E-state index in [2.05, 4.69) is 52.8 Å². The largest absolute Gasteiger partial charge is 0.381 e. The van der Waals surface area contributed by atoms with Crippen molar-refractivity contribution in [3.8, 4) is 11.3 Å². The molecule has 0 bridgehead atoms. The molecule has 1 N–H and O–H groups in total. The van der Waals surface area contributed by atoms with Crippen molar-refractivity contribution in [2.24, 2.45) is 0 Å². The fourth-order valence-corrected chi connectivity index (χ4v) is 3.63. The number of rotatable bonds is 3. The van der Waals surface area contributed by atoms with Crippen molar-refractivity contribution in [1.29, 1.82) is 0 Å². The molecule has 1 aliphatic rings. The average molecular weight is 344 g/mol. The zero-order chi connectivity index (χ0) is 17.3. The second-order valence-corrected chi connectivity index (χ2v) is 6.69. The zero-order valence-corrected chi connectivity index (χ0v) is 14.4. The van der Waals surface area contributed by atoms with E-state index in [4.69, 9.17) is 9.84 Å². The second-order valence-electron chi connectivity index (χ2n) is 6.69. The highest BCUT2D eigenvalue weighted by Crippen LogP contribution is 2.29. The van der Waals surface area contributed by atoms with Gasteiger partial charge in [0.1, 0.15) is 5.82 Å². The Kier molecular flexibility index (Phi) is 3.79. The van der Waals surface area contributed by atoms with Gasteiger partial charge in [0.2, 0.25) is 0 Å². The van der Waals surface area contributed by atoms with E-state index in [-0.39, 0.29) is 0 Å². The highest BCUT2D eigenvalue weighted by molar-refractivity contribution is 5.96. The normalized spacial score (nSPS) is 15.5. The molecule has 0 unspecified atom stereocenters. The Morgan fingerprint density at radius 3 is 2.73 bits per heavy atom. The van der Waals surface area contributed by atoms with Gasteiger partial charge in [-0.15, -0.1) is 5.10 Å². The zero-order valence-electron chi connectivity index (χ0n) is 14.4. The highest BCUT2D eigenvalue weighted by Gasteiger charge is 2.15. The number of ether oxygens (including phenoxy) is 1. The van der Waals surface area contributed by atoms with Crippen LogP contribution >= 0.6 is 0 Å². The minimum absolute atomic E-state index is 0.415. The molecule has 4 aromatic rings. The summed E-state index contributed by atoms with van der Waals surface area (Å²) in [6, 6.07) is 19.2. The van der Waals surface area contributed by atoms with Crippen LogP contribution in [0.5, 0.6) is 0 Å². The topological polar surface area (TPSA) is 51.5 Å². The first-order valence-corrected chi connectivity index (χ1v) is 9.06. The van der Waals surface area contributed by atoms with Gasteiger partial charge < -0.3 is 10.1 Å². The molecule has 26 heavy (non-hydrogen) atoms. The molecule has 0 atom stereocenters. The Balaban J connectivity index is 1.58. The number of hydrogen-bond acceptors (Lipinski definition) is 4. The average Bonchev–Trinajstić information content (AvgIpc) is 3.11. The summed E-state index contributed by atoms with van der Waals surface area (Å²) < 4.78 is 7.37. The SMILES string of the molecule is c1ccc2c(-c3cnc4ccc(NC5CCOCC5)nn34)cccc2c1. The Bertz CT molecular complexity index is 1060. The number of benzene rings is 2. The third-order valence-corrected chi connectivity index (χ3v) is 5.00. The van der Waals surface area contributed by atoms with Crippen LogP contribution in [0.25, 0.3) is 27.7 Å². The van der Waals surface area contributed by atoms with E-state index in [1.165, 1.54) is 10.8 Å². The molecule has 0 amide bonds. The fraction of sp³-hybridized carbons (Fsp3) is 0.238. The molecule has 2 aromatic heterocycles. The molecular weight excluding hydrogens is 324 g/mol. The standard InChI is InChI=1S/C21H20N4O/c1-2-6-17-15(4-1)5-3-7-18(17)19-14-22-21-9-8-20(24-25(19)21)23-16-10-12-26-13-11-16/h1-9,14,16H,10-13H2,(H,23,24). The first-order valence-electron chi connectivity index (χ1n) is 9.06. The fourth-order valence-electron chi connectivity index (χ4n) is 3.63. The van der Waals surface area contributed by atoms with Crippen LogP contribution in [0.3, 0.4) is 0 Å². The molecule has 1 saturated heterocycles. The Morgan fingerprint density at radius 2 is 1.81 bits per heavy atom. The van der Waals surface area contributed by atoms with Crippen LogP contribution < -0.4 is 5.32 Å². The number of fused-ring (bicyclic) bond motifs is 2. The van der Waals surface area contributed by atoms with E-state index in [1.54, 1.807) is 0 Å². The lowest BCUT2D eigenvalue weighted by atomic mass is 10.0. The van der Waals surface area contributed by atoms with Crippen LogP contribution in [0.1, 0.15) is 12.8 Å². The lowest BCUT2D eigenvalue weighted by Gasteiger charge is -2.23. The Morgan fingerprint density at radius 1 is 0.962 bits per heavy atom. The van der Waals surface area contributed by atoms with E-state index in [0.29, 0.717) is 6.04 Å². The van der Waals surface area contributed by atoms with Crippen molar-refractivity contribution < 1.29 is 4.74 Å². The van der Waals surface area contributed by atoms with Crippen LogP contribution in [0.2, 0.25) is 0 Å². The molecule has 0 radical (unpaired) electrons. The molecule has 0 saturated carbocycles. The molecule has 0 spiro atoms. The van der Waals surface area contributed by atoms with E-state index in [0.717, 1.165) is 48.8 Å². The molecule has 1 fully saturated rings. The van der Waals surface area contributed by atoms with Gasteiger partial charge in [0.05, 0.1) is 11.9 Å². The summed E-state index contributed by atoms with van der Waals surface area (Å²) in [6.07, 6.45) is 3.93. The van der Waals surface area contributed by atoms with Crippen molar-refractivity contribution in [2.75, 3.05) is 18.5 Å². The number of anilines is 1. The monoisotopic (exact) mass is 344 g/mol. The molecule has 3 heterocycles. The second kappa shape index (κ2) is 6.42. The van der Waals surface area contributed by atoms with E-state index in [1.807, 2.05) is 22.8 Å². The molecule has 130 valence electrons. The maximum Gasteiger partial charge on any atom is 0.154 e. The van der Waals surface area contributed by atoms with Crippen molar-refractivity contribution in [2.45, 2.75) is 18.9 Å². The highest BCUT2D eigenvalue weighted by atomic mass is 16.5. The predicted molar refractivity (Wildman–Crippen MR) is 103 cm³/mol. The van der Waals surface area contributed by atoms with Crippen LogP contribution in [0.15, 0.2) is 60.8 Å². The molecule has 5 nitrogen and oxygen atoms in total. The molecule has 2 aromatic carbocycles. The van der Waals surface area contributed by atoms with Crippen molar-refractivity contribution in [1.82, 2.24) is 14.6 Å². The quantitative estimate of drug-likeness (QED) is 0.607. The summed E-state index contributed by atoms with van der Waals surface area (Å²) >= 11 is 0. The van der Waals surface area contributed by atoms with E-state index >= 15 is 0 Å². The van der Waals surface area contributed by atoms with Crippen molar-refractivity contribution >= 4 is 22.2 Å². The van der Waals surface area contributed by atoms with E-state index < -0.39 is 0 Å². The minimum Gasteiger partial charge on any atom is -0.381 e. The lowest BCUT2D eigenvalue weighted by Crippen LogP contribution is -2.28. The third-order valence-electron chi connectivity index (χ3n) is 5.00. The first kappa shape index (κ1) is 15.3. The summed E-state index contributed by atoms with van der Waals surface area (Å²) in [5, 5.41) is 10.8. The van der Waals surface area contributed by atoms with Crippen LogP contribution in [0, 0.1) is 0 Å². The Labute approximate surface area is 151 Å². The van der Waals surface area contributed by atoms with Gasteiger partial charge in [0.15, 0.2) is 5.65 Å². The van der Waals surface area contributed by atoms with E-state index in [9.17, 15) is 0 Å². The summed E-state index contributed by atoms with van der Waals surface area (Å²) in [5.41, 5.74) is 3.00. The summed E-state index contributed by atoms with van der Waals surface area (Å²) in [7, 11) is 0. The minimum atomic E-state index is 0.415. The van der Waals surface area contributed by atoms with Gasteiger partial charge in [-0.1, -0.05) is 42.5 Å². The lowest BCUT2D eigenvalue weighted by molar-refractivity contribution is 0.0903. The first-order chi connectivity index (χ1) is 12.9. The van der Waals surface area contributed by atoms with Crippen LogP contribution in [-0.2, 0) is 4.74 Å². The van der Waals surface area contributed by atoms with Gasteiger partial charge in [-0.05, 0) is 35.7 Å². The summed E-state index contributed by atoms with van der Waals surface area (Å²) in [5.74, 6) is 0.879.